The van der Waals surface area contributed by atoms with Gasteiger partial charge in [0.2, 0.25) is 0 Å². The van der Waals surface area contributed by atoms with Crippen LogP contribution in [0, 0.1) is 33.5 Å². The Hall–Kier alpha value is -0.0800. The van der Waals surface area contributed by atoms with Crippen LogP contribution in [0.5, 0.6) is 0 Å². The number of hydrogen-bond acceptors (Lipinski definition) is 2. The molecule has 2 heteroatoms. The van der Waals surface area contributed by atoms with Crippen molar-refractivity contribution in [2.45, 2.75) is 130 Å². The molecule has 0 aromatic rings. The predicted molar refractivity (Wildman–Crippen MR) is 119 cm³/mol. The van der Waals surface area contributed by atoms with Crippen LogP contribution in [0.1, 0.15) is 118 Å². The van der Waals surface area contributed by atoms with Gasteiger partial charge in [-0.15, -0.1) is 0 Å². The minimum atomic E-state index is -0.282. The molecular weight excluding hydrogens is 356 g/mol. The SMILES string of the molecule is CC1(C)CC2(CCOC3(OC4CC5CCC4(C)C5(C)C)CCCCC3)CCC1C2. The summed E-state index contributed by atoms with van der Waals surface area (Å²) in [6, 6.07) is 0. The maximum Gasteiger partial charge on any atom is 0.168 e. The lowest BCUT2D eigenvalue weighted by molar-refractivity contribution is -0.291. The van der Waals surface area contributed by atoms with Gasteiger partial charge in [-0.1, -0.05) is 41.0 Å². The second-order valence-corrected chi connectivity index (χ2v) is 13.4. The van der Waals surface area contributed by atoms with Crippen molar-refractivity contribution in [1.29, 1.82) is 0 Å². The maximum atomic E-state index is 7.07. The maximum absolute atomic E-state index is 7.07. The Labute approximate surface area is 179 Å². The van der Waals surface area contributed by atoms with Crippen LogP contribution in [-0.2, 0) is 9.47 Å². The third-order valence-corrected chi connectivity index (χ3v) is 11.3. The zero-order valence-electron chi connectivity index (χ0n) is 19.9. The molecule has 0 aromatic heterocycles. The Morgan fingerprint density at radius 1 is 0.828 bits per heavy atom. The first kappa shape index (κ1) is 20.8. The minimum Gasteiger partial charge on any atom is -0.350 e. The van der Waals surface area contributed by atoms with Crippen LogP contribution in [0.25, 0.3) is 0 Å². The van der Waals surface area contributed by atoms with E-state index in [0.717, 1.165) is 31.3 Å². The third-order valence-electron chi connectivity index (χ3n) is 11.3. The molecule has 0 spiro atoms. The fraction of sp³-hybridized carbons (Fsp3) is 1.00. The summed E-state index contributed by atoms with van der Waals surface area (Å²) in [5, 5.41) is 0. The molecule has 5 fully saturated rings. The van der Waals surface area contributed by atoms with Gasteiger partial charge < -0.3 is 9.47 Å². The third kappa shape index (κ3) is 3.17. The molecule has 0 saturated heterocycles. The quantitative estimate of drug-likeness (QED) is 0.428. The summed E-state index contributed by atoms with van der Waals surface area (Å²) in [5.74, 6) is 1.52. The summed E-state index contributed by atoms with van der Waals surface area (Å²) in [4.78, 5) is 0. The summed E-state index contributed by atoms with van der Waals surface area (Å²) in [5.41, 5.74) is 1.88. The van der Waals surface area contributed by atoms with Gasteiger partial charge in [-0.05, 0) is 97.7 Å². The predicted octanol–water partition coefficient (Wildman–Crippen LogP) is 7.50. The van der Waals surface area contributed by atoms with E-state index in [4.69, 9.17) is 9.47 Å². The monoisotopic (exact) mass is 402 g/mol. The lowest BCUT2D eigenvalue weighted by Crippen LogP contribution is -2.47. The van der Waals surface area contributed by atoms with Crippen molar-refractivity contribution in [1.82, 2.24) is 0 Å². The van der Waals surface area contributed by atoms with E-state index >= 15 is 0 Å². The topological polar surface area (TPSA) is 18.5 Å². The molecule has 5 aliphatic rings. The van der Waals surface area contributed by atoms with E-state index in [-0.39, 0.29) is 5.79 Å². The standard InChI is InChI=1S/C27H46O2/c1-23(2)19-26(14-10-21(23)18-26)15-16-28-27(11-7-6-8-12-27)29-22-17-20-9-13-25(22,5)24(20,3)4/h20-22H,6-19H2,1-5H3. The average Bonchev–Trinajstić information content (AvgIpc) is 3.29. The lowest BCUT2D eigenvalue weighted by atomic mass is 9.70. The zero-order chi connectivity index (χ0) is 20.5. The molecule has 5 saturated carbocycles. The van der Waals surface area contributed by atoms with Crippen molar-refractivity contribution in [2.24, 2.45) is 33.5 Å². The Morgan fingerprint density at radius 3 is 2.10 bits per heavy atom. The van der Waals surface area contributed by atoms with E-state index in [2.05, 4.69) is 34.6 Å². The van der Waals surface area contributed by atoms with Gasteiger partial charge in [0.1, 0.15) is 0 Å². The number of hydrogen-bond donors (Lipinski definition) is 0. The van der Waals surface area contributed by atoms with Crippen LogP contribution < -0.4 is 0 Å². The van der Waals surface area contributed by atoms with Crippen LogP contribution in [0.2, 0.25) is 0 Å². The van der Waals surface area contributed by atoms with E-state index in [9.17, 15) is 0 Å². The van der Waals surface area contributed by atoms with E-state index in [1.807, 2.05) is 0 Å². The normalized spacial score (nSPS) is 46.4. The Kier molecular flexibility index (Phi) is 4.81. The van der Waals surface area contributed by atoms with Gasteiger partial charge in [0, 0.05) is 12.8 Å². The van der Waals surface area contributed by atoms with Crippen molar-refractivity contribution in [3.05, 3.63) is 0 Å². The Morgan fingerprint density at radius 2 is 1.55 bits per heavy atom. The average molecular weight is 403 g/mol. The molecule has 2 nitrogen and oxygen atoms in total. The molecule has 0 amide bonds. The number of rotatable bonds is 6. The first-order valence-electron chi connectivity index (χ1n) is 12.9. The molecule has 5 rings (SSSR count). The number of ether oxygens (including phenoxy) is 2. The molecule has 0 aliphatic heterocycles. The molecule has 29 heavy (non-hydrogen) atoms. The largest absolute Gasteiger partial charge is 0.350 e. The highest BCUT2D eigenvalue weighted by atomic mass is 16.7. The first-order chi connectivity index (χ1) is 13.6. The van der Waals surface area contributed by atoms with Crippen LogP contribution in [-0.4, -0.2) is 18.5 Å². The molecule has 0 aromatic carbocycles. The molecule has 0 N–H and O–H groups in total. The van der Waals surface area contributed by atoms with Crippen LogP contribution in [0.4, 0.5) is 0 Å². The summed E-state index contributed by atoms with van der Waals surface area (Å²) in [6.07, 6.45) is 17.5. The summed E-state index contributed by atoms with van der Waals surface area (Å²) in [6.45, 7) is 13.4. The molecular formula is C27H46O2. The van der Waals surface area contributed by atoms with Gasteiger partial charge in [0.05, 0.1) is 12.7 Å². The second kappa shape index (κ2) is 6.71. The van der Waals surface area contributed by atoms with E-state index in [1.165, 1.54) is 70.6 Å². The van der Waals surface area contributed by atoms with Crippen LogP contribution in [0.15, 0.2) is 0 Å². The second-order valence-electron chi connectivity index (χ2n) is 13.4. The highest BCUT2D eigenvalue weighted by molar-refractivity contribution is 5.11. The molecule has 5 aliphatic carbocycles. The van der Waals surface area contributed by atoms with E-state index in [0.29, 0.717) is 27.8 Å². The smallest absolute Gasteiger partial charge is 0.168 e. The van der Waals surface area contributed by atoms with Gasteiger partial charge in [0.15, 0.2) is 5.79 Å². The Balaban J connectivity index is 1.25. The van der Waals surface area contributed by atoms with Crippen LogP contribution >= 0.6 is 0 Å². The van der Waals surface area contributed by atoms with Gasteiger partial charge in [-0.3, -0.25) is 0 Å². The first-order valence-corrected chi connectivity index (χ1v) is 12.9. The minimum absolute atomic E-state index is 0.282. The van der Waals surface area contributed by atoms with Crippen molar-refractivity contribution < 1.29 is 9.47 Å². The van der Waals surface area contributed by atoms with Gasteiger partial charge in [-0.2, -0.15) is 0 Å². The molecule has 0 heterocycles. The molecule has 166 valence electrons. The van der Waals surface area contributed by atoms with Crippen molar-refractivity contribution in [3.63, 3.8) is 0 Å². The number of fused-ring (bicyclic) bond motifs is 4. The molecule has 5 atom stereocenters. The molecule has 0 radical (unpaired) electrons. The molecule has 5 unspecified atom stereocenters. The van der Waals surface area contributed by atoms with E-state index in [1.54, 1.807) is 0 Å². The highest BCUT2D eigenvalue weighted by Gasteiger charge is 2.63. The fourth-order valence-corrected chi connectivity index (χ4v) is 8.87. The van der Waals surface area contributed by atoms with Gasteiger partial charge in [0.25, 0.3) is 0 Å². The van der Waals surface area contributed by atoms with Gasteiger partial charge in [-0.25, -0.2) is 0 Å². The summed E-state index contributed by atoms with van der Waals surface area (Å²) >= 11 is 0. The Bertz CT molecular complexity index is 630. The lowest BCUT2D eigenvalue weighted by Gasteiger charge is -2.46. The highest BCUT2D eigenvalue weighted by Crippen LogP contribution is 2.67. The van der Waals surface area contributed by atoms with Crippen molar-refractivity contribution in [3.8, 4) is 0 Å². The van der Waals surface area contributed by atoms with Crippen LogP contribution in [0.3, 0.4) is 0 Å². The summed E-state index contributed by atoms with van der Waals surface area (Å²) in [7, 11) is 0. The van der Waals surface area contributed by atoms with Crippen molar-refractivity contribution in [2.75, 3.05) is 6.61 Å². The summed E-state index contributed by atoms with van der Waals surface area (Å²) < 4.78 is 13.9. The zero-order valence-corrected chi connectivity index (χ0v) is 19.9. The molecule has 4 bridgehead atoms. The van der Waals surface area contributed by atoms with E-state index < -0.39 is 0 Å². The fourth-order valence-electron chi connectivity index (χ4n) is 8.87. The van der Waals surface area contributed by atoms with Crippen molar-refractivity contribution >= 4 is 0 Å². The van der Waals surface area contributed by atoms with Gasteiger partial charge >= 0.3 is 0 Å².